The van der Waals surface area contributed by atoms with Crippen molar-refractivity contribution in [3.8, 4) is 0 Å². The third-order valence-electron chi connectivity index (χ3n) is 6.25. The number of rotatable bonds is 3. The summed E-state index contributed by atoms with van der Waals surface area (Å²) < 4.78 is 1.33. The van der Waals surface area contributed by atoms with Crippen molar-refractivity contribution in [2.45, 2.75) is 26.3 Å². The summed E-state index contributed by atoms with van der Waals surface area (Å²) in [6.07, 6.45) is 5.17. The quantitative estimate of drug-likeness (QED) is 0.715. The van der Waals surface area contributed by atoms with Crippen LogP contribution in [0.1, 0.15) is 25.3 Å². The summed E-state index contributed by atoms with van der Waals surface area (Å²) >= 11 is 12.5. The summed E-state index contributed by atoms with van der Waals surface area (Å²) in [6, 6.07) is 5.41. The van der Waals surface area contributed by atoms with Crippen LogP contribution in [0, 0.1) is 5.41 Å². The van der Waals surface area contributed by atoms with Gasteiger partial charge in [-0.3, -0.25) is 9.69 Å². The molecule has 0 saturated carbocycles. The number of halogens is 2. The zero-order valence-electron chi connectivity index (χ0n) is 17.1. The number of hydrogen-bond donors (Lipinski definition) is 0. The Morgan fingerprint density at radius 3 is 2.73 bits per heavy atom. The van der Waals surface area contributed by atoms with Crippen molar-refractivity contribution in [1.29, 1.82) is 0 Å². The molecule has 9 heteroatoms. The highest BCUT2D eigenvalue weighted by Crippen LogP contribution is 2.40. The second-order valence-corrected chi connectivity index (χ2v) is 9.22. The third-order valence-corrected chi connectivity index (χ3v) is 6.86. The first-order valence-electron chi connectivity index (χ1n) is 10.0. The predicted molar refractivity (Wildman–Crippen MR) is 117 cm³/mol. The number of likely N-dealkylation sites (tertiary alicyclic amines) is 2. The first kappa shape index (κ1) is 21.2. The number of benzene rings is 1. The molecule has 1 atom stereocenters. The van der Waals surface area contributed by atoms with Crippen LogP contribution in [0.3, 0.4) is 0 Å². The maximum Gasteiger partial charge on any atom is 0.344 e. The average Bonchev–Trinajstić information content (AvgIpc) is 3.44. The van der Waals surface area contributed by atoms with E-state index in [1.54, 1.807) is 19.3 Å². The van der Waals surface area contributed by atoms with Crippen LogP contribution in [0.4, 0.5) is 10.5 Å². The van der Waals surface area contributed by atoms with E-state index in [1.807, 2.05) is 17.0 Å². The Bertz CT molecular complexity index is 978. The van der Waals surface area contributed by atoms with Gasteiger partial charge in [0.05, 0.1) is 18.1 Å². The predicted octanol–water partition coefficient (Wildman–Crippen LogP) is 3.74. The van der Waals surface area contributed by atoms with Gasteiger partial charge < -0.3 is 9.80 Å². The van der Waals surface area contributed by atoms with E-state index in [9.17, 15) is 9.59 Å². The molecule has 2 fully saturated rings. The molecule has 0 N–H and O–H groups in total. The first-order valence-corrected chi connectivity index (χ1v) is 10.8. The lowest BCUT2D eigenvalue weighted by Gasteiger charge is -2.25. The van der Waals surface area contributed by atoms with Gasteiger partial charge in [-0.15, -0.1) is 0 Å². The van der Waals surface area contributed by atoms with E-state index in [0.717, 1.165) is 43.1 Å². The molecule has 0 unspecified atom stereocenters. The van der Waals surface area contributed by atoms with Crippen LogP contribution < -0.4 is 4.90 Å². The Morgan fingerprint density at radius 1 is 1.20 bits per heavy atom. The van der Waals surface area contributed by atoms with Gasteiger partial charge in [0.2, 0.25) is 5.91 Å². The Hall–Kier alpha value is -2.09. The van der Waals surface area contributed by atoms with Crippen molar-refractivity contribution in [3.63, 3.8) is 0 Å². The van der Waals surface area contributed by atoms with Crippen LogP contribution in [0.15, 0.2) is 30.6 Å². The fourth-order valence-corrected chi connectivity index (χ4v) is 4.79. The second kappa shape index (κ2) is 8.21. The van der Waals surface area contributed by atoms with Crippen molar-refractivity contribution < 1.29 is 9.59 Å². The van der Waals surface area contributed by atoms with Gasteiger partial charge in [-0.2, -0.15) is 9.78 Å². The van der Waals surface area contributed by atoms with Crippen LogP contribution in [0.25, 0.3) is 0 Å². The van der Waals surface area contributed by atoms with Crippen LogP contribution in [-0.2, 0) is 11.3 Å². The summed E-state index contributed by atoms with van der Waals surface area (Å²) in [5, 5.41) is 5.58. The number of aromatic nitrogens is 2. The molecule has 2 saturated heterocycles. The third kappa shape index (κ3) is 4.19. The number of carbonyl (C=O) groups is 2. The lowest BCUT2D eigenvalue weighted by atomic mass is 9.86. The van der Waals surface area contributed by atoms with E-state index >= 15 is 0 Å². The summed E-state index contributed by atoms with van der Waals surface area (Å²) in [4.78, 5) is 30.2. The van der Waals surface area contributed by atoms with Crippen molar-refractivity contribution >= 4 is 40.8 Å². The van der Waals surface area contributed by atoms with Gasteiger partial charge in [0.1, 0.15) is 0 Å². The first-order chi connectivity index (χ1) is 14.3. The number of nitrogens with zero attached hydrogens (tertiary/aromatic N) is 5. The Morgan fingerprint density at radius 2 is 1.97 bits per heavy atom. The number of carbonyl (C=O) groups excluding carboxylic acids is 2. The zero-order chi connectivity index (χ0) is 21.5. The molecule has 0 bridgehead atoms. The Labute approximate surface area is 186 Å². The second-order valence-electron chi connectivity index (χ2n) is 8.37. The smallest absolute Gasteiger partial charge is 0.322 e. The molecule has 1 aromatic heterocycles. The van der Waals surface area contributed by atoms with E-state index in [4.69, 9.17) is 23.2 Å². The van der Waals surface area contributed by atoms with Gasteiger partial charge >= 0.3 is 6.03 Å². The van der Waals surface area contributed by atoms with Crippen LogP contribution in [-0.4, -0.2) is 64.7 Å². The van der Waals surface area contributed by atoms with Crippen LogP contribution in [0.5, 0.6) is 0 Å². The minimum Gasteiger partial charge on any atom is -0.322 e. The fourth-order valence-electron chi connectivity index (χ4n) is 4.42. The topological polar surface area (TPSA) is 61.7 Å². The molecule has 160 valence electrons. The van der Waals surface area contributed by atoms with Gasteiger partial charge in [-0.1, -0.05) is 23.2 Å². The molecule has 2 aliphatic rings. The molecular weight excluding hydrogens is 425 g/mol. The van der Waals surface area contributed by atoms with E-state index in [0.29, 0.717) is 23.8 Å². The molecule has 30 heavy (non-hydrogen) atoms. The average molecular weight is 450 g/mol. The fraction of sp³-hybridized carbons (Fsp3) is 0.476. The standard InChI is InChI=1S/C21H25Cl2N5O2/c1-15(29)25(2)18-10-24-28(12-18)20(30)27-8-6-21(14-27)5-7-26(13-21)11-16-9-17(22)3-4-19(16)23/h3-4,9-10,12H,5-8,11,13-14H2,1-2H3/t21-/m1/s1. The van der Waals surface area contributed by atoms with Gasteiger partial charge in [-0.05, 0) is 43.1 Å². The molecule has 1 aromatic carbocycles. The van der Waals surface area contributed by atoms with Gasteiger partial charge in [0.15, 0.2) is 0 Å². The van der Waals surface area contributed by atoms with E-state index in [2.05, 4.69) is 10.00 Å². The number of amides is 2. The summed E-state index contributed by atoms with van der Waals surface area (Å²) in [6.45, 7) is 5.56. The monoisotopic (exact) mass is 449 g/mol. The lowest BCUT2D eigenvalue weighted by Crippen LogP contribution is -2.36. The minimum absolute atomic E-state index is 0.104. The Balaban J connectivity index is 1.39. The van der Waals surface area contributed by atoms with Crippen molar-refractivity contribution in [2.24, 2.45) is 5.41 Å². The molecule has 0 aliphatic carbocycles. The highest BCUT2D eigenvalue weighted by atomic mass is 35.5. The van der Waals surface area contributed by atoms with E-state index < -0.39 is 0 Å². The molecular formula is C21H25Cl2N5O2. The summed E-state index contributed by atoms with van der Waals surface area (Å²) in [5.41, 5.74) is 1.74. The van der Waals surface area contributed by atoms with Gasteiger partial charge in [0.25, 0.3) is 0 Å². The van der Waals surface area contributed by atoms with Gasteiger partial charge in [0, 0.05) is 55.6 Å². The minimum atomic E-state index is -0.147. The number of hydrogen-bond acceptors (Lipinski definition) is 4. The molecule has 1 spiro atoms. The van der Waals surface area contributed by atoms with E-state index in [1.165, 1.54) is 22.7 Å². The maximum atomic E-state index is 12.9. The highest BCUT2D eigenvalue weighted by Gasteiger charge is 2.45. The van der Waals surface area contributed by atoms with Crippen LogP contribution in [0.2, 0.25) is 10.0 Å². The maximum absolute atomic E-state index is 12.9. The van der Waals surface area contributed by atoms with Crippen molar-refractivity contribution in [2.75, 3.05) is 38.1 Å². The SMILES string of the molecule is CC(=O)N(C)c1cnn(C(=O)N2CC[C@@]3(CCN(Cc4cc(Cl)ccc4Cl)C3)C2)c1. The Kier molecular flexibility index (Phi) is 5.79. The number of anilines is 1. The molecule has 0 radical (unpaired) electrons. The lowest BCUT2D eigenvalue weighted by molar-refractivity contribution is -0.116. The molecule has 3 heterocycles. The highest BCUT2D eigenvalue weighted by molar-refractivity contribution is 6.33. The summed E-state index contributed by atoms with van der Waals surface area (Å²) in [5.74, 6) is -0.104. The molecule has 2 aromatic rings. The largest absolute Gasteiger partial charge is 0.344 e. The van der Waals surface area contributed by atoms with Crippen LogP contribution >= 0.6 is 23.2 Å². The summed E-state index contributed by atoms with van der Waals surface area (Å²) in [7, 11) is 1.66. The normalized spacial score (nSPS) is 21.5. The van der Waals surface area contributed by atoms with Crippen molar-refractivity contribution in [3.05, 3.63) is 46.2 Å². The van der Waals surface area contributed by atoms with E-state index in [-0.39, 0.29) is 17.4 Å². The van der Waals surface area contributed by atoms with Crippen molar-refractivity contribution in [1.82, 2.24) is 19.6 Å². The van der Waals surface area contributed by atoms with Gasteiger partial charge in [-0.25, -0.2) is 4.79 Å². The molecule has 2 amide bonds. The molecule has 4 rings (SSSR count). The zero-order valence-corrected chi connectivity index (χ0v) is 18.7. The molecule has 7 nitrogen and oxygen atoms in total. The molecule has 2 aliphatic heterocycles.